The van der Waals surface area contributed by atoms with Gasteiger partial charge in [0.15, 0.2) is 0 Å². The molecule has 3 heteroatoms. The highest BCUT2D eigenvalue weighted by molar-refractivity contribution is 6.51. The predicted molar refractivity (Wildman–Crippen MR) is 38.8 cm³/mol. The summed E-state index contributed by atoms with van der Waals surface area (Å²) in [6.45, 7) is 3.45. The van der Waals surface area contributed by atoms with Crippen LogP contribution in [-0.4, -0.2) is 15.0 Å². The van der Waals surface area contributed by atoms with E-state index >= 15 is 0 Å². The molecule has 1 fully saturated rings. The van der Waals surface area contributed by atoms with Crippen LogP contribution in [0.1, 0.15) is 20.3 Å². The summed E-state index contributed by atoms with van der Waals surface area (Å²) in [6, 6.07) is 0. The average Bonchev–Trinajstić information content (AvgIpc) is 2.10. The van der Waals surface area contributed by atoms with Gasteiger partial charge in [-0.05, 0) is 20.3 Å². The fraction of sp³-hybridized carbons (Fsp3) is 1.00. The van der Waals surface area contributed by atoms with Gasteiger partial charge in [-0.1, -0.05) is 0 Å². The van der Waals surface area contributed by atoms with Gasteiger partial charge in [0.1, 0.15) is 4.33 Å². The molecular weight excluding hydrogens is 159 g/mol. The Kier molecular flexibility index (Phi) is 1.51. The lowest BCUT2D eigenvalue weighted by Gasteiger charge is -2.16. The summed E-state index contributed by atoms with van der Waals surface area (Å²) in [4.78, 5) is 0. The fourth-order valence-electron chi connectivity index (χ4n) is 0.980. The summed E-state index contributed by atoms with van der Waals surface area (Å²) >= 11 is 11.4. The first-order valence-electron chi connectivity index (χ1n) is 2.94. The second kappa shape index (κ2) is 1.77. The van der Waals surface area contributed by atoms with Gasteiger partial charge in [-0.3, -0.25) is 0 Å². The lowest BCUT2D eigenvalue weighted by Crippen LogP contribution is -2.24. The van der Waals surface area contributed by atoms with E-state index in [-0.39, 0.29) is 5.92 Å². The molecule has 1 saturated carbocycles. The molecule has 1 nitrogen and oxygen atoms in total. The summed E-state index contributed by atoms with van der Waals surface area (Å²) < 4.78 is -0.655. The van der Waals surface area contributed by atoms with Crippen molar-refractivity contribution in [2.75, 3.05) is 0 Å². The normalized spacial score (nSPS) is 32.3. The standard InChI is InChI=1S/C6H10Cl2O/c1-5(2,9)4-3-6(4,7)8/h4,9H,3H2,1-2H3. The molecule has 1 aliphatic carbocycles. The van der Waals surface area contributed by atoms with Crippen molar-refractivity contribution in [2.45, 2.75) is 30.2 Å². The quantitative estimate of drug-likeness (QED) is 0.594. The Morgan fingerprint density at radius 2 is 1.89 bits per heavy atom. The van der Waals surface area contributed by atoms with Gasteiger partial charge in [-0.2, -0.15) is 0 Å². The van der Waals surface area contributed by atoms with E-state index < -0.39 is 9.93 Å². The SMILES string of the molecule is CC(C)(O)C1CC1(Cl)Cl. The molecular formula is C6H10Cl2O. The van der Waals surface area contributed by atoms with E-state index in [1.165, 1.54) is 0 Å². The van der Waals surface area contributed by atoms with Crippen molar-refractivity contribution in [2.24, 2.45) is 5.92 Å². The van der Waals surface area contributed by atoms with Crippen molar-refractivity contribution in [3.63, 3.8) is 0 Å². The number of hydrogen-bond donors (Lipinski definition) is 1. The number of rotatable bonds is 1. The number of aliphatic hydroxyl groups is 1. The minimum absolute atomic E-state index is 0.0494. The Balaban J connectivity index is 2.52. The van der Waals surface area contributed by atoms with Crippen molar-refractivity contribution in [3.05, 3.63) is 0 Å². The molecule has 9 heavy (non-hydrogen) atoms. The Morgan fingerprint density at radius 3 is 1.89 bits per heavy atom. The van der Waals surface area contributed by atoms with Crippen molar-refractivity contribution in [3.8, 4) is 0 Å². The second-order valence-corrected chi connectivity index (χ2v) is 4.71. The summed E-state index contributed by atoms with van der Waals surface area (Å²) in [7, 11) is 0. The molecule has 0 aliphatic heterocycles. The van der Waals surface area contributed by atoms with Crippen LogP contribution in [0.3, 0.4) is 0 Å². The summed E-state index contributed by atoms with van der Waals surface area (Å²) in [5, 5.41) is 9.32. The molecule has 0 heterocycles. The van der Waals surface area contributed by atoms with E-state index in [2.05, 4.69) is 0 Å². The summed E-state index contributed by atoms with van der Waals surface area (Å²) in [5.74, 6) is 0.0494. The molecule has 0 spiro atoms. The Hall–Kier alpha value is 0.540. The van der Waals surface area contributed by atoms with Crippen LogP contribution >= 0.6 is 23.2 Å². The van der Waals surface area contributed by atoms with E-state index in [4.69, 9.17) is 23.2 Å². The maximum Gasteiger partial charge on any atom is 0.124 e. The third kappa shape index (κ3) is 1.51. The Bertz CT molecular complexity index is 126. The molecule has 54 valence electrons. The van der Waals surface area contributed by atoms with Crippen LogP contribution in [-0.2, 0) is 0 Å². The van der Waals surface area contributed by atoms with Crippen LogP contribution in [0.2, 0.25) is 0 Å². The molecule has 0 bridgehead atoms. The first kappa shape index (κ1) is 7.64. The van der Waals surface area contributed by atoms with Crippen LogP contribution < -0.4 is 0 Å². The van der Waals surface area contributed by atoms with Gasteiger partial charge in [0.2, 0.25) is 0 Å². The van der Waals surface area contributed by atoms with Crippen LogP contribution in [0.15, 0.2) is 0 Å². The van der Waals surface area contributed by atoms with E-state index in [0.717, 1.165) is 0 Å². The van der Waals surface area contributed by atoms with Crippen molar-refractivity contribution < 1.29 is 5.11 Å². The molecule has 0 aromatic carbocycles. The first-order valence-corrected chi connectivity index (χ1v) is 3.70. The van der Waals surface area contributed by atoms with Crippen LogP contribution in [0, 0.1) is 5.92 Å². The molecule has 1 rings (SSSR count). The lowest BCUT2D eigenvalue weighted by atomic mass is 10.0. The van der Waals surface area contributed by atoms with Crippen LogP contribution in [0.5, 0.6) is 0 Å². The average molecular weight is 169 g/mol. The predicted octanol–water partition coefficient (Wildman–Crippen LogP) is 1.95. The van der Waals surface area contributed by atoms with Crippen molar-refractivity contribution in [1.29, 1.82) is 0 Å². The second-order valence-electron chi connectivity index (χ2n) is 3.17. The van der Waals surface area contributed by atoms with Crippen molar-refractivity contribution in [1.82, 2.24) is 0 Å². The van der Waals surface area contributed by atoms with Gasteiger partial charge in [-0.25, -0.2) is 0 Å². The van der Waals surface area contributed by atoms with Gasteiger partial charge in [0.25, 0.3) is 0 Å². The van der Waals surface area contributed by atoms with Gasteiger partial charge in [-0.15, -0.1) is 23.2 Å². The topological polar surface area (TPSA) is 20.2 Å². The zero-order valence-corrected chi connectivity index (χ0v) is 7.00. The molecule has 0 amide bonds. The summed E-state index contributed by atoms with van der Waals surface area (Å²) in [5.41, 5.74) is -0.719. The third-order valence-corrected chi connectivity index (χ3v) is 2.51. The molecule has 1 N–H and O–H groups in total. The first-order chi connectivity index (χ1) is 3.84. The molecule has 1 unspecified atom stereocenters. The molecule has 0 radical (unpaired) electrons. The van der Waals surface area contributed by atoms with Crippen LogP contribution in [0.4, 0.5) is 0 Å². The maximum absolute atomic E-state index is 9.32. The number of halogens is 2. The van der Waals surface area contributed by atoms with E-state index in [9.17, 15) is 5.11 Å². The molecule has 1 atom stereocenters. The number of hydrogen-bond acceptors (Lipinski definition) is 1. The molecule has 0 aromatic rings. The number of alkyl halides is 2. The minimum Gasteiger partial charge on any atom is -0.390 e. The largest absolute Gasteiger partial charge is 0.390 e. The highest BCUT2D eigenvalue weighted by Gasteiger charge is 2.58. The highest BCUT2D eigenvalue weighted by Crippen LogP contribution is 2.57. The van der Waals surface area contributed by atoms with Crippen LogP contribution in [0.25, 0.3) is 0 Å². The monoisotopic (exact) mass is 168 g/mol. The fourth-order valence-corrected chi connectivity index (χ4v) is 1.82. The zero-order chi connectivity index (χ0) is 7.28. The van der Waals surface area contributed by atoms with E-state index in [1.807, 2.05) is 0 Å². The smallest absolute Gasteiger partial charge is 0.124 e. The zero-order valence-electron chi connectivity index (χ0n) is 5.49. The highest BCUT2D eigenvalue weighted by atomic mass is 35.5. The Labute approximate surface area is 65.0 Å². The van der Waals surface area contributed by atoms with E-state index in [1.54, 1.807) is 13.8 Å². The minimum atomic E-state index is -0.719. The van der Waals surface area contributed by atoms with Gasteiger partial charge >= 0.3 is 0 Å². The molecule has 0 aromatic heterocycles. The van der Waals surface area contributed by atoms with Gasteiger partial charge < -0.3 is 5.11 Å². The summed E-state index contributed by atoms with van der Waals surface area (Å²) in [6.07, 6.45) is 0.708. The molecule has 1 aliphatic rings. The maximum atomic E-state index is 9.32. The van der Waals surface area contributed by atoms with Crippen molar-refractivity contribution >= 4 is 23.2 Å². The van der Waals surface area contributed by atoms with Gasteiger partial charge in [0, 0.05) is 5.92 Å². The lowest BCUT2D eigenvalue weighted by molar-refractivity contribution is 0.0559. The van der Waals surface area contributed by atoms with E-state index in [0.29, 0.717) is 6.42 Å². The Morgan fingerprint density at radius 1 is 1.56 bits per heavy atom. The van der Waals surface area contributed by atoms with Gasteiger partial charge in [0.05, 0.1) is 5.60 Å². The third-order valence-electron chi connectivity index (χ3n) is 1.68. The molecule has 0 saturated heterocycles.